The van der Waals surface area contributed by atoms with E-state index in [0.717, 1.165) is 17.3 Å². The van der Waals surface area contributed by atoms with Gasteiger partial charge in [0, 0.05) is 24.8 Å². The Morgan fingerprint density at radius 3 is 2.88 bits per heavy atom. The van der Waals surface area contributed by atoms with Gasteiger partial charge >= 0.3 is 0 Å². The van der Waals surface area contributed by atoms with Crippen LogP contribution in [-0.2, 0) is 27.9 Å². The maximum atomic E-state index is 13.5. The molecule has 0 spiro atoms. The van der Waals surface area contributed by atoms with Crippen LogP contribution < -0.4 is 0 Å². The van der Waals surface area contributed by atoms with Crippen molar-refractivity contribution in [1.29, 1.82) is 0 Å². The van der Waals surface area contributed by atoms with Crippen LogP contribution in [0.5, 0.6) is 0 Å². The smallest absolute Gasteiger partial charge is 0.243 e. The SMILES string of the molecule is O=C(C1CCCN1S(=O)(=O)c1cccc(F)c1)N1Cc2cncnc2C1. The Balaban J connectivity index is 1.58. The molecule has 1 fully saturated rings. The zero-order chi connectivity index (χ0) is 18.3. The molecule has 3 heterocycles. The molecule has 1 amide bonds. The molecule has 2 aliphatic heterocycles. The van der Waals surface area contributed by atoms with Gasteiger partial charge in [0.25, 0.3) is 0 Å². The van der Waals surface area contributed by atoms with Crippen LogP contribution in [0, 0.1) is 5.82 Å². The van der Waals surface area contributed by atoms with Gasteiger partial charge in [-0.25, -0.2) is 22.8 Å². The number of halogens is 1. The first kappa shape index (κ1) is 17.0. The Kier molecular flexibility index (Phi) is 4.20. The highest BCUT2D eigenvalue weighted by molar-refractivity contribution is 7.89. The number of amides is 1. The van der Waals surface area contributed by atoms with Gasteiger partial charge in [-0.05, 0) is 31.0 Å². The van der Waals surface area contributed by atoms with Gasteiger partial charge in [0.2, 0.25) is 15.9 Å². The van der Waals surface area contributed by atoms with Crippen LogP contribution in [0.1, 0.15) is 24.1 Å². The number of carbonyl (C=O) groups is 1. The van der Waals surface area contributed by atoms with Crippen molar-refractivity contribution in [3.63, 3.8) is 0 Å². The van der Waals surface area contributed by atoms with Crippen molar-refractivity contribution in [2.24, 2.45) is 0 Å². The Bertz CT molecular complexity index is 941. The Morgan fingerprint density at radius 1 is 1.27 bits per heavy atom. The van der Waals surface area contributed by atoms with E-state index in [1.807, 2.05) is 0 Å². The number of hydrogen-bond donors (Lipinski definition) is 0. The van der Waals surface area contributed by atoms with Gasteiger partial charge in [0.05, 0.1) is 17.1 Å². The van der Waals surface area contributed by atoms with Crippen molar-refractivity contribution >= 4 is 15.9 Å². The lowest BCUT2D eigenvalue weighted by molar-refractivity contribution is -0.135. The maximum absolute atomic E-state index is 13.5. The first-order chi connectivity index (χ1) is 12.5. The average Bonchev–Trinajstić information content (AvgIpc) is 3.28. The summed E-state index contributed by atoms with van der Waals surface area (Å²) in [5.41, 5.74) is 1.66. The lowest BCUT2D eigenvalue weighted by Gasteiger charge is -2.27. The number of aromatic nitrogens is 2. The summed E-state index contributed by atoms with van der Waals surface area (Å²) in [4.78, 5) is 22.6. The predicted molar refractivity (Wildman–Crippen MR) is 89.6 cm³/mol. The van der Waals surface area contributed by atoms with Crippen LogP contribution in [0.25, 0.3) is 0 Å². The quantitative estimate of drug-likeness (QED) is 0.807. The highest BCUT2D eigenvalue weighted by atomic mass is 32.2. The van der Waals surface area contributed by atoms with E-state index in [1.165, 1.54) is 28.8 Å². The van der Waals surface area contributed by atoms with E-state index in [-0.39, 0.29) is 17.3 Å². The highest BCUT2D eigenvalue weighted by Crippen LogP contribution is 2.30. The number of benzene rings is 1. The second-order valence-corrected chi connectivity index (χ2v) is 8.31. The van der Waals surface area contributed by atoms with Gasteiger partial charge in [0.1, 0.15) is 18.2 Å². The van der Waals surface area contributed by atoms with Crippen LogP contribution in [0.15, 0.2) is 41.7 Å². The summed E-state index contributed by atoms with van der Waals surface area (Å²) in [5, 5.41) is 0. The summed E-state index contributed by atoms with van der Waals surface area (Å²) in [7, 11) is -3.93. The number of hydrogen-bond acceptors (Lipinski definition) is 5. The molecule has 2 aromatic rings. The van der Waals surface area contributed by atoms with E-state index >= 15 is 0 Å². The lowest BCUT2D eigenvalue weighted by Crippen LogP contribution is -2.46. The first-order valence-electron chi connectivity index (χ1n) is 8.31. The molecule has 0 aliphatic carbocycles. The van der Waals surface area contributed by atoms with Crippen LogP contribution in [0.3, 0.4) is 0 Å². The minimum Gasteiger partial charge on any atom is -0.331 e. The number of rotatable bonds is 3. The summed E-state index contributed by atoms with van der Waals surface area (Å²) in [6.45, 7) is 0.968. The fraction of sp³-hybridized carbons (Fsp3) is 0.353. The molecule has 136 valence electrons. The van der Waals surface area contributed by atoms with Crippen molar-refractivity contribution in [2.75, 3.05) is 6.54 Å². The van der Waals surface area contributed by atoms with E-state index in [0.29, 0.717) is 25.9 Å². The summed E-state index contributed by atoms with van der Waals surface area (Å²) in [6.07, 6.45) is 4.14. The van der Waals surface area contributed by atoms with Gasteiger partial charge < -0.3 is 4.90 Å². The second-order valence-electron chi connectivity index (χ2n) is 6.42. The molecule has 1 unspecified atom stereocenters. The molecule has 7 nitrogen and oxygen atoms in total. The molecule has 1 aromatic heterocycles. The van der Waals surface area contributed by atoms with Crippen molar-refractivity contribution in [3.8, 4) is 0 Å². The molecule has 0 N–H and O–H groups in total. The van der Waals surface area contributed by atoms with Crippen molar-refractivity contribution in [2.45, 2.75) is 36.9 Å². The van der Waals surface area contributed by atoms with Gasteiger partial charge in [0.15, 0.2) is 0 Å². The van der Waals surface area contributed by atoms with Gasteiger partial charge in [-0.2, -0.15) is 4.31 Å². The summed E-state index contributed by atoms with van der Waals surface area (Å²) in [6, 6.07) is 4.10. The zero-order valence-electron chi connectivity index (χ0n) is 13.9. The Hall–Kier alpha value is -2.39. The minimum absolute atomic E-state index is 0.132. The van der Waals surface area contributed by atoms with Crippen molar-refractivity contribution in [1.82, 2.24) is 19.2 Å². The number of sulfonamides is 1. The van der Waals surface area contributed by atoms with Gasteiger partial charge in [-0.15, -0.1) is 0 Å². The van der Waals surface area contributed by atoms with E-state index in [4.69, 9.17) is 0 Å². The molecule has 0 saturated carbocycles. The third-order valence-corrected chi connectivity index (χ3v) is 6.69. The first-order valence-corrected chi connectivity index (χ1v) is 9.75. The van der Waals surface area contributed by atoms with Crippen LogP contribution in [0.2, 0.25) is 0 Å². The van der Waals surface area contributed by atoms with E-state index in [9.17, 15) is 17.6 Å². The third-order valence-electron chi connectivity index (χ3n) is 4.79. The molecule has 9 heteroatoms. The highest BCUT2D eigenvalue weighted by Gasteiger charge is 2.42. The fourth-order valence-electron chi connectivity index (χ4n) is 3.50. The van der Waals surface area contributed by atoms with E-state index in [1.54, 1.807) is 11.1 Å². The van der Waals surface area contributed by atoms with Gasteiger partial charge in [-0.3, -0.25) is 4.79 Å². The van der Waals surface area contributed by atoms with Gasteiger partial charge in [-0.1, -0.05) is 6.07 Å². The lowest BCUT2D eigenvalue weighted by atomic mass is 10.2. The molecular formula is C17H17FN4O3S. The average molecular weight is 376 g/mol. The maximum Gasteiger partial charge on any atom is 0.243 e. The molecule has 0 bridgehead atoms. The fourth-order valence-corrected chi connectivity index (χ4v) is 5.19. The number of carbonyl (C=O) groups excluding carboxylic acids is 1. The largest absolute Gasteiger partial charge is 0.331 e. The monoisotopic (exact) mass is 376 g/mol. The van der Waals surface area contributed by atoms with Crippen LogP contribution in [0.4, 0.5) is 4.39 Å². The van der Waals surface area contributed by atoms with Crippen LogP contribution >= 0.6 is 0 Å². The molecule has 2 aliphatic rings. The second kappa shape index (κ2) is 6.40. The summed E-state index contributed by atoms with van der Waals surface area (Å²) >= 11 is 0. The molecule has 1 saturated heterocycles. The molecule has 26 heavy (non-hydrogen) atoms. The standard InChI is InChI=1S/C17H17FN4O3S/c18-13-3-1-4-14(7-13)26(24,25)22-6-2-5-16(22)17(23)21-9-12-8-19-11-20-15(12)10-21/h1,3-4,7-8,11,16H,2,5-6,9-10H2. The topological polar surface area (TPSA) is 83.5 Å². The molecule has 0 radical (unpaired) electrons. The van der Waals surface area contributed by atoms with E-state index in [2.05, 4.69) is 9.97 Å². The number of fused-ring (bicyclic) bond motifs is 1. The third kappa shape index (κ3) is 2.86. The van der Waals surface area contributed by atoms with E-state index < -0.39 is 21.9 Å². The zero-order valence-corrected chi connectivity index (χ0v) is 14.7. The van der Waals surface area contributed by atoms with Crippen LogP contribution in [-0.4, -0.2) is 46.1 Å². The predicted octanol–water partition coefficient (Wildman–Crippen LogP) is 1.31. The Morgan fingerprint density at radius 2 is 2.12 bits per heavy atom. The number of nitrogens with zero attached hydrogens (tertiary/aromatic N) is 4. The Labute approximate surface area is 150 Å². The molecule has 1 aromatic carbocycles. The van der Waals surface area contributed by atoms with Crippen molar-refractivity contribution < 1.29 is 17.6 Å². The molecule has 4 rings (SSSR count). The normalized spacial score (nSPS) is 20.3. The summed E-state index contributed by atoms with van der Waals surface area (Å²) in [5.74, 6) is -0.873. The molecular weight excluding hydrogens is 359 g/mol. The molecule has 1 atom stereocenters. The summed E-state index contributed by atoms with van der Waals surface area (Å²) < 4.78 is 40.5. The van der Waals surface area contributed by atoms with Crippen molar-refractivity contribution in [3.05, 3.63) is 53.9 Å². The minimum atomic E-state index is -3.93.